The molecule has 1 aromatic rings. The molecule has 0 aliphatic heterocycles. The van der Waals surface area contributed by atoms with E-state index in [-0.39, 0.29) is 5.02 Å². The average molecular weight is 177 g/mol. The SMILES string of the molecule is O=[N+](O)c1cc(Cl)ccc1F. The van der Waals surface area contributed by atoms with Gasteiger partial charge in [0.05, 0.1) is 4.91 Å². The van der Waals surface area contributed by atoms with E-state index in [0.29, 0.717) is 0 Å². The molecule has 0 bridgehead atoms. The van der Waals surface area contributed by atoms with Crippen molar-refractivity contribution in [3.8, 4) is 0 Å². The second kappa shape index (κ2) is 2.84. The molecule has 5 heteroatoms. The van der Waals surface area contributed by atoms with E-state index in [2.05, 4.69) is 0 Å². The summed E-state index contributed by atoms with van der Waals surface area (Å²) in [6.45, 7) is 0. The average Bonchev–Trinajstić information content (AvgIpc) is 1.94. The van der Waals surface area contributed by atoms with Crippen LogP contribution in [0.5, 0.6) is 0 Å². The van der Waals surface area contributed by atoms with Crippen molar-refractivity contribution < 1.29 is 14.5 Å². The lowest BCUT2D eigenvalue weighted by Crippen LogP contribution is -1.94. The van der Waals surface area contributed by atoms with Crippen molar-refractivity contribution in [1.29, 1.82) is 0 Å². The van der Waals surface area contributed by atoms with Crippen molar-refractivity contribution in [1.82, 2.24) is 0 Å². The Labute approximate surface area is 66.6 Å². The fourth-order valence-electron chi connectivity index (χ4n) is 0.632. The van der Waals surface area contributed by atoms with Crippen molar-refractivity contribution in [3.05, 3.63) is 33.9 Å². The maximum absolute atomic E-state index is 12.6. The molecule has 0 fully saturated rings. The van der Waals surface area contributed by atoms with Gasteiger partial charge in [-0.2, -0.15) is 4.39 Å². The molecular weight excluding hydrogens is 173 g/mol. The van der Waals surface area contributed by atoms with Gasteiger partial charge in [0, 0.05) is 11.1 Å². The number of rotatable bonds is 1. The molecular formula is C6H4ClFNO2+. The van der Waals surface area contributed by atoms with E-state index in [0.717, 1.165) is 12.1 Å². The molecule has 0 aliphatic rings. The van der Waals surface area contributed by atoms with Crippen molar-refractivity contribution in [2.24, 2.45) is 0 Å². The normalized spacial score (nSPS) is 9.64. The lowest BCUT2D eigenvalue weighted by molar-refractivity contribution is -0.730. The molecule has 0 atom stereocenters. The summed E-state index contributed by atoms with van der Waals surface area (Å²) in [6, 6.07) is 3.31. The minimum absolute atomic E-state index is 0.191. The molecule has 1 aromatic carbocycles. The van der Waals surface area contributed by atoms with Crippen molar-refractivity contribution in [2.75, 3.05) is 0 Å². The van der Waals surface area contributed by atoms with Crippen LogP contribution >= 0.6 is 11.6 Å². The predicted octanol–water partition coefficient (Wildman–Crippen LogP) is 2.28. The molecule has 0 amide bonds. The first-order valence-corrected chi connectivity index (χ1v) is 3.10. The Hall–Kier alpha value is -1.16. The Morgan fingerprint density at radius 1 is 1.55 bits per heavy atom. The molecule has 58 valence electrons. The summed E-state index contributed by atoms with van der Waals surface area (Å²) in [4.78, 5) is 9.62. The van der Waals surface area contributed by atoms with Crippen LogP contribution in [0.2, 0.25) is 5.02 Å². The third-order valence-corrected chi connectivity index (χ3v) is 1.35. The lowest BCUT2D eigenvalue weighted by atomic mass is 10.3. The van der Waals surface area contributed by atoms with Crippen LogP contribution < -0.4 is 0 Å². The van der Waals surface area contributed by atoms with E-state index in [1.165, 1.54) is 6.07 Å². The van der Waals surface area contributed by atoms with Crippen molar-refractivity contribution in [2.45, 2.75) is 0 Å². The van der Waals surface area contributed by atoms with Crippen LogP contribution in [0.3, 0.4) is 0 Å². The summed E-state index contributed by atoms with van der Waals surface area (Å²) in [5, 5.41) is 8.50. The molecule has 0 radical (unpaired) electrons. The summed E-state index contributed by atoms with van der Waals surface area (Å²) in [7, 11) is 0. The molecule has 0 aliphatic carbocycles. The van der Waals surface area contributed by atoms with Crippen LogP contribution in [0, 0.1) is 10.7 Å². The number of hydrogen-bond acceptors (Lipinski definition) is 1. The molecule has 0 spiro atoms. The smallest absolute Gasteiger partial charge is 0.241 e. The van der Waals surface area contributed by atoms with Gasteiger partial charge >= 0.3 is 5.69 Å². The largest absolute Gasteiger partial charge is 0.353 e. The number of hydrogen-bond donors (Lipinski definition) is 1. The van der Waals surface area contributed by atoms with Gasteiger partial charge in [-0.15, -0.1) is 0 Å². The minimum atomic E-state index is -0.813. The van der Waals surface area contributed by atoms with Crippen LogP contribution in [0.1, 0.15) is 0 Å². The fourth-order valence-corrected chi connectivity index (χ4v) is 0.799. The highest BCUT2D eigenvalue weighted by molar-refractivity contribution is 6.30. The first kappa shape index (κ1) is 7.94. The second-order valence-electron chi connectivity index (χ2n) is 1.87. The van der Waals surface area contributed by atoms with E-state index in [9.17, 15) is 9.30 Å². The summed E-state index contributed by atoms with van der Waals surface area (Å²) in [5.74, 6) is -0.813. The van der Waals surface area contributed by atoms with Gasteiger partial charge in [0.15, 0.2) is 0 Å². The van der Waals surface area contributed by atoms with Gasteiger partial charge < -0.3 is 0 Å². The van der Waals surface area contributed by atoms with E-state index < -0.39 is 16.4 Å². The highest BCUT2D eigenvalue weighted by Gasteiger charge is 2.18. The molecule has 0 heterocycles. The van der Waals surface area contributed by atoms with Gasteiger partial charge in [-0.05, 0) is 12.1 Å². The van der Waals surface area contributed by atoms with E-state index in [4.69, 9.17) is 16.8 Å². The Kier molecular flexibility index (Phi) is 2.05. The third-order valence-electron chi connectivity index (χ3n) is 1.11. The quantitative estimate of drug-likeness (QED) is 0.667. The molecule has 0 saturated heterocycles. The van der Waals surface area contributed by atoms with E-state index >= 15 is 0 Å². The zero-order chi connectivity index (χ0) is 8.43. The molecule has 11 heavy (non-hydrogen) atoms. The van der Waals surface area contributed by atoms with Gasteiger partial charge in [-0.25, -0.2) is 5.21 Å². The number of benzene rings is 1. The highest BCUT2D eigenvalue weighted by atomic mass is 35.5. The zero-order valence-electron chi connectivity index (χ0n) is 5.29. The lowest BCUT2D eigenvalue weighted by Gasteiger charge is -1.88. The predicted molar refractivity (Wildman–Crippen MR) is 36.5 cm³/mol. The van der Waals surface area contributed by atoms with E-state index in [1.807, 2.05) is 0 Å². The van der Waals surface area contributed by atoms with Gasteiger partial charge in [0.2, 0.25) is 5.82 Å². The molecule has 3 nitrogen and oxygen atoms in total. The van der Waals surface area contributed by atoms with Gasteiger partial charge in [0.1, 0.15) is 0 Å². The minimum Gasteiger partial charge on any atom is -0.241 e. The van der Waals surface area contributed by atoms with Gasteiger partial charge in [-0.3, -0.25) is 0 Å². The third kappa shape index (κ3) is 1.65. The summed E-state index contributed by atoms with van der Waals surface area (Å²) >= 11 is 5.42. The van der Waals surface area contributed by atoms with Crippen molar-refractivity contribution in [3.63, 3.8) is 0 Å². The molecule has 0 aromatic heterocycles. The Balaban J connectivity index is 3.23. The Morgan fingerprint density at radius 2 is 2.18 bits per heavy atom. The summed E-state index contributed by atoms with van der Waals surface area (Å²) in [5.41, 5.74) is -0.488. The Bertz CT molecular complexity index is 303. The number of halogens is 2. The van der Waals surface area contributed by atoms with Crippen LogP contribution in [-0.2, 0) is 0 Å². The molecule has 0 saturated carbocycles. The van der Waals surface area contributed by atoms with E-state index in [1.54, 1.807) is 0 Å². The fraction of sp³-hybridized carbons (Fsp3) is 0. The first-order chi connectivity index (χ1) is 5.11. The molecule has 1 N–H and O–H groups in total. The van der Waals surface area contributed by atoms with Crippen LogP contribution in [-0.4, -0.2) is 10.1 Å². The standard InChI is InChI=1S/C6H4ClFNO2/c7-4-1-2-5(8)6(3-4)9(10)11/h1-3H,(H,10,11)/q+1. The maximum atomic E-state index is 12.6. The number of nitrogens with zero attached hydrogens (tertiary/aromatic N) is 1. The Morgan fingerprint density at radius 3 is 2.64 bits per heavy atom. The second-order valence-corrected chi connectivity index (χ2v) is 2.31. The van der Waals surface area contributed by atoms with Crippen molar-refractivity contribution >= 4 is 17.3 Å². The summed E-state index contributed by atoms with van der Waals surface area (Å²) in [6.07, 6.45) is 0. The molecule has 1 rings (SSSR count). The van der Waals surface area contributed by atoms with Gasteiger partial charge in [-0.1, -0.05) is 11.6 Å². The van der Waals surface area contributed by atoms with Crippen LogP contribution in [0.4, 0.5) is 10.1 Å². The van der Waals surface area contributed by atoms with Crippen LogP contribution in [0.15, 0.2) is 18.2 Å². The van der Waals surface area contributed by atoms with Crippen LogP contribution in [0.25, 0.3) is 0 Å². The van der Waals surface area contributed by atoms with Gasteiger partial charge in [0.25, 0.3) is 4.92 Å². The monoisotopic (exact) mass is 176 g/mol. The summed E-state index contributed by atoms with van der Waals surface area (Å²) < 4.78 is 12.6. The zero-order valence-corrected chi connectivity index (χ0v) is 6.05. The first-order valence-electron chi connectivity index (χ1n) is 2.72. The highest BCUT2D eigenvalue weighted by Crippen LogP contribution is 2.20. The maximum Gasteiger partial charge on any atom is 0.353 e. The molecule has 0 unspecified atom stereocenters. The topological polar surface area (TPSA) is 40.3 Å².